The summed E-state index contributed by atoms with van der Waals surface area (Å²) >= 11 is 0. The quantitative estimate of drug-likeness (QED) is 0.724. The minimum absolute atomic E-state index is 0.160. The lowest BCUT2D eigenvalue weighted by Crippen LogP contribution is -2.39. The van der Waals surface area contributed by atoms with Crippen LogP contribution in [0.1, 0.15) is 32.8 Å². The maximum Gasteiger partial charge on any atom is 0.314 e. The summed E-state index contributed by atoms with van der Waals surface area (Å²) < 4.78 is 5.10. The minimum atomic E-state index is -0.424. The van der Waals surface area contributed by atoms with Gasteiger partial charge in [0, 0.05) is 13.1 Å². The van der Waals surface area contributed by atoms with E-state index in [2.05, 4.69) is 10.6 Å². The fourth-order valence-electron chi connectivity index (χ4n) is 1.93. The minimum Gasteiger partial charge on any atom is -0.497 e. The summed E-state index contributed by atoms with van der Waals surface area (Å²) in [4.78, 5) is 11.6. The summed E-state index contributed by atoms with van der Waals surface area (Å²) in [7, 11) is 1.64. The molecule has 0 saturated carbocycles. The first-order valence-electron chi connectivity index (χ1n) is 7.65. The van der Waals surface area contributed by atoms with Crippen LogP contribution in [0.2, 0.25) is 0 Å². The van der Waals surface area contributed by atoms with Gasteiger partial charge in [0.15, 0.2) is 0 Å². The highest BCUT2D eigenvalue weighted by Crippen LogP contribution is 2.20. The van der Waals surface area contributed by atoms with Crippen molar-refractivity contribution in [2.45, 2.75) is 39.7 Å². The predicted octanol–water partition coefficient (Wildman–Crippen LogP) is 2.33. The molecule has 124 valence electrons. The zero-order valence-electron chi connectivity index (χ0n) is 14.0. The second-order valence-corrected chi connectivity index (χ2v) is 6.45. The van der Waals surface area contributed by atoms with Crippen molar-refractivity contribution in [3.63, 3.8) is 0 Å². The third kappa shape index (κ3) is 6.80. The van der Waals surface area contributed by atoms with Crippen molar-refractivity contribution >= 4 is 6.03 Å². The number of benzene rings is 1. The van der Waals surface area contributed by atoms with Gasteiger partial charge in [-0.05, 0) is 36.0 Å². The monoisotopic (exact) mass is 308 g/mol. The number of carbonyl (C=O) groups is 1. The number of carbonyl (C=O) groups excluding carboxylic acids is 1. The summed E-state index contributed by atoms with van der Waals surface area (Å²) in [5, 5.41) is 15.5. The van der Waals surface area contributed by atoms with Crippen LogP contribution in [0, 0.1) is 5.41 Å². The number of nitrogens with one attached hydrogen (secondary N) is 2. The maximum atomic E-state index is 11.6. The van der Waals surface area contributed by atoms with Gasteiger partial charge in [-0.1, -0.05) is 32.9 Å². The molecular formula is C17H28N2O3. The standard InChI is InChI=1S/C17H28N2O3/c1-17(2,3)15(20)10-12-19-16(21)18-11-9-13-5-7-14(22-4)8-6-13/h5-8,15,20H,9-12H2,1-4H3,(H2,18,19,21)/t15-/m1/s1. The van der Waals surface area contributed by atoms with Gasteiger partial charge >= 0.3 is 6.03 Å². The molecule has 22 heavy (non-hydrogen) atoms. The largest absolute Gasteiger partial charge is 0.497 e. The van der Waals surface area contributed by atoms with Crippen LogP contribution in [0.3, 0.4) is 0 Å². The first-order valence-corrected chi connectivity index (χ1v) is 7.65. The van der Waals surface area contributed by atoms with Crippen LogP contribution in [-0.2, 0) is 6.42 Å². The molecule has 0 aromatic heterocycles. The molecule has 0 aliphatic carbocycles. The number of hydrogen-bond donors (Lipinski definition) is 3. The lowest BCUT2D eigenvalue weighted by Gasteiger charge is -2.25. The Morgan fingerprint density at radius 1 is 1.18 bits per heavy atom. The second-order valence-electron chi connectivity index (χ2n) is 6.45. The van der Waals surface area contributed by atoms with Gasteiger partial charge in [0.25, 0.3) is 0 Å². The Hall–Kier alpha value is -1.75. The molecule has 0 bridgehead atoms. The number of rotatable bonds is 7. The summed E-state index contributed by atoms with van der Waals surface area (Å²) in [6, 6.07) is 7.58. The number of urea groups is 1. The topological polar surface area (TPSA) is 70.6 Å². The van der Waals surface area contributed by atoms with Gasteiger partial charge in [0.05, 0.1) is 13.2 Å². The third-order valence-corrected chi connectivity index (χ3v) is 3.56. The average molecular weight is 308 g/mol. The van der Waals surface area contributed by atoms with E-state index < -0.39 is 6.10 Å². The molecule has 1 aromatic carbocycles. The fourth-order valence-corrected chi connectivity index (χ4v) is 1.93. The number of ether oxygens (including phenoxy) is 1. The van der Waals surface area contributed by atoms with Gasteiger partial charge in [-0.15, -0.1) is 0 Å². The highest BCUT2D eigenvalue weighted by atomic mass is 16.5. The fraction of sp³-hybridized carbons (Fsp3) is 0.588. The SMILES string of the molecule is COc1ccc(CCNC(=O)NCC[C@@H](O)C(C)(C)C)cc1. The van der Waals surface area contributed by atoms with Crippen molar-refractivity contribution in [3.05, 3.63) is 29.8 Å². The molecular weight excluding hydrogens is 280 g/mol. The number of aliphatic hydroxyl groups is 1. The number of hydrogen-bond acceptors (Lipinski definition) is 3. The Labute approximate surface area is 133 Å². The van der Waals surface area contributed by atoms with Crippen LogP contribution in [0.15, 0.2) is 24.3 Å². The Bertz CT molecular complexity index is 452. The molecule has 0 saturated heterocycles. The van der Waals surface area contributed by atoms with Crippen LogP contribution in [-0.4, -0.2) is 37.4 Å². The van der Waals surface area contributed by atoms with Crippen LogP contribution in [0.25, 0.3) is 0 Å². The average Bonchev–Trinajstić information content (AvgIpc) is 2.47. The first kappa shape index (κ1) is 18.3. The van der Waals surface area contributed by atoms with E-state index in [1.165, 1.54) is 0 Å². The summed E-state index contributed by atoms with van der Waals surface area (Å²) in [6.45, 7) is 6.97. The molecule has 0 unspecified atom stereocenters. The van der Waals surface area contributed by atoms with Crippen LogP contribution in [0.4, 0.5) is 4.79 Å². The Morgan fingerprint density at radius 2 is 1.77 bits per heavy atom. The molecule has 2 amide bonds. The highest BCUT2D eigenvalue weighted by molar-refractivity contribution is 5.73. The predicted molar refractivity (Wildman–Crippen MR) is 88.2 cm³/mol. The van der Waals surface area contributed by atoms with Gasteiger partial charge in [0.2, 0.25) is 0 Å². The zero-order valence-corrected chi connectivity index (χ0v) is 14.0. The molecule has 0 fully saturated rings. The molecule has 1 atom stereocenters. The molecule has 5 heteroatoms. The Kier molecular flexibility index (Phi) is 7.18. The molecule has 0 spiro atoms. The van der Waals surface area contributed by atoms with Gasteiger partial charge in [-0.3, -0.25) is 0 Å². The van der Waals surface area contributed by atoms with Crippen molar-refractivity contribution in [2.75, 3.05) is 20.2 Å². The van der Waals surface area contributed by atoms with E-state index in [9.17, 15) is 9.90 Å². The molecule has 1 rings (SSSR count). The summed E-state index contributed by atoms with van der Waals surface area (Å²) in [5.41, 5.74) is 0.983. The molecule has 5 nitrogen and oxygen atoms in total. The first-order chi connectivity index (χ1) is 10.3. The van der Waals surface area contributed by atoms with Gasteiger partial charge in [0.1, 0.15) is 5.75 Å². The molecule has 3 N–H and O–H groups in total. The van der Waals surface area contributed by atoms with Crippen molar-refractivity contribution < 1.29 is 14.6 Å². The lowest BCUT2D eigenvalue weighted by molar-refractivity contribution is 0.0564. The number of methoxy groups -OCH3 is 1. The van der Waals surface area contributed by atoms with Crippen molar-refractivity contribution in [1.29, 1.82) is 0 Å². The Morgan fingerprint density at radius 3 is 2.32 bits per heavy atom. The molecule has 0 heterocycles. The number of aliphatic hydroxyl groups excluding tert-OH is 1. The number of amides is 2. The van der Waals surface area contributed by atoms with Crippen molar-refractivity contribution in [1.82, 2.24) is 10.6 Å². The smallest absolute Gasteiger partial charge is 0.314 e. The summed E-state index contributed by atoms with van der Waals surface area (Å²) in [5.74, 6) is 0.826. The van der Waals surface area contributed by atoms with E-state index in [0.29, 0.717) is 19.5 Å². The maximum absolute atomic E-state index is 11.6. The van der Waals surface area contributed by atoms with E-state index in [1.807, 2.05) is 45.0 Å². The van der Waals surface area contributed by atoms with Gasteiger partial charge in [-0.25, -0.2) is 4.79 Å². The van der Waals surface area contributed by atoms with E-state index in [4.69, 9.17) is 4.74 Å². The van der Waals surface area contributed by atoms with E-state index >= 15 is 0 Å². The van der Waals surface area contributed by atoms with Crippen LogP contribution < -0.4 is 15.4 Å². The lowest BCUT2D eigenvalue weighted by atomic mass is 9.87. The van der Waals surface area contributed by atoms with Gasteiger partial charge < -0.3 is 20.5 Å². The highest BCUT2D eigenvalue weighted by Gasteiger charge is 2.21. The van der Waals surface area contributed by atoms with Crippen LogP contribution in [0.5, 0.6) is 5.75 Å². The van der Waals surface area contributed by atoms with Crippen LogP contribution >= 0.6 is 0 Å². The zero-order chi connectivity index (χ0) is 16.6. The molecule has 0 aliphatic heterocycles. The third-order valence-electron chi connectivity index (χ3n) is 3.56. The van der Waals surface area contributed by atoms with Gasteiger partial charge in [-0.2, -0.15) is 0 Å². The van der Waals surface area contributed by atoms with E-state index in [0.717, 1.165) is 17.7 Å². The molecule has 1 aromatic rings. The Balaban J connectivity index is 2.18. The van der Waals surface area contributed by atoms with Crippen molar-refractivity contribution in [2.24, 2.45) is 5.41 Å². The second kappa shape index (κ2) is 8.63. The molecule has 0 radical (unpaired) electrons. The van der Waals surface area contributed by atoms with E-state index in [-0.39, 0.29) is 11.4 Å². The summed E-state index contributed by atoms with van der Waals surface area (Å²) in [6.07, 6.45) is 0.893. The normalized spacial score (nSPS) is 12.6. The van der Waals surface area contributed by atoms with Crippen molar-refractivity contribution in [3.8, 4) is 5.75 Å². The van der Waals surface area contributed by atoms with E-state index in [1.54, 1.807) is 7.11 Å². The molecule has 0 aliphatic rings.